The van der Waals surface area contributed by atoms with Gasteiger partial charge < -0.3 is 9.16 Å². The zero-order chi connectivity index (χ0) is 22.5. The van der Waals surface area contributed by atoms with E-state index >= 15 is 0 Å². The maximum Gasteiger partial charge on any atom is 0.339 e. The van der Waals surface area contributed by atoms with Gasteiger partial charge in [-0.25, -0.2) is 4.79 Å². The molecule has 0 unspecified atom stereocenters. The Morgan fingerprint density at radius 3 is 2.50 bits per heavy atom. The number of esters is 1. The van der Waals surface area contributed by atoms with Gasteiger partial charge in [0.15, 0.2) is 8.32 Å². The molecule has 1 aliphatic carbocycles. The van der Waals surface area contributed by atoms with Gasteiger partial charge in [-0.1, -0.05) is 62.9 Å². The lowest BCUT2D eigenvalue weighted by atomic mass is 9.84. The van der Waals surface area contributed by atoms with E-state index in [4.69, 9.17) is 32.4 Å². The molecule has 1 aliphatic rings. The van der Waals surface area contributed by atoms with Crippen LogP contribution in [-0.4, -0.2) is 27.0 Å². The molecule has 1 fully saturated rings. The third kappa shape index (κ3) is 7.12. The predicted octanol–water partition coefficient (Wildman–Crippen LogP) is 8.07. The van der Waals surface area contributed by atoms with Crippen LogP contribution in [-0.2, 0) is 9.16 Å². The lowest BCUT2D eigenvalue weighted by Gasteiger charge is -2.43. The Labute approximate surface area is 193 Å². The Morgan fingerprint density at radius 2 is 1.87 bits per heavy atom. The average molecular weight is 472 g/mol. The Balaban J connectivity index is 1.93. The summed E-state index contributed by atoms with van der Waals surface area (Å²) in [6.45, 7) is 13.8. The average Bonchev–Trinajstić information content (AvgIpc) is 2.64. The molecule has 0 spiro atoms. The fraction of sp³-hybridized carbons (Fsp3) is 0.625. The summed E-state index contributed by atoms with van der Waals surface area (Å²) >= 11 is 12.0. The van der Waals surface area contributed by atoms with Gasteiger partial charge in [0.2, 0.25) is 0 Å². The van der Waals surface area contributed by atoms with Crippen LogP contribution in [0.2, 0.25) is 28.2 Å². The van der Waals surface area contributed by atoms with E-state index in [-0.39, 0.29) is 11.6 Å². The number of halogens is 2. The number of allylic oxidation sites excluding steroid dienone is 1. The van der Waals surface area contributed by atoms with E-state index < -0.39 is 14.3 Å². The zero-order valence-corrected chi connectivity index (χ0v) is 21.7. The Hall–Kier alpha value is -0.813. The van der Waals surface area contributed by atoms with Crippen LogP contribution in [0.3, 0.4) is 0 Å². The van der Waals surface area contributed by atoms with Crippen molar-refractivity contribution in [3.8, 4) is 0 Å². The quantitative estimate of drug-likeness (QED) is 0.229. The van der Waals surface area contributed by atoms with Crippen molar-refractivity contribution in [1.29, 1.82) is 0 Å². The molecule has 0 bridgehead atoms. The minimum Gasteiger partial charge on any atom is -0.458 e. The van der Waals surface area contributed by atoms with Gasteiger partial charge in [0, 0.05) is 11.1 Å². The van der Waals surface area contributed by atoms with Gasteiger partial charge in [-0.15, -0.1) is 0 Å². The van der Waals surface area contributed by atoms with Crippen molar-refractivity contribution in [3.63, 3.8) is 0 Å². The molecule has 2 atom stereocenters. The van der Waals surface area contributed by atoms with Crippen LogP contribution >= 0.6 is 23.2 Å². The van der Waals surface area contributed by atoms with Crippen LogP contribution in [0.25, 0.3) is 0 Å². The lowest BCUT2D eigenvalue weighted by Crippen LogP contribution is -2.46. The summed E-state index contributed by atoms with van der Waals surface area (Å²) < 4.78 is 12.2. The van der Waals surface area contributed by atoms with E-state index in [0.717, 1.165) is 18.4 Å². The first kappa shape index (κ1) is 25.4. The minimum absolute atomic E-state index is 0.220. The summed E-state index contributed by atoms with van der Waals surface area (Å²) in [5, 5.41) is 1.02. The van der Waals surface area contributed by atoms with Gasteiger partial charge in [0.25, 0.3) is 0 Å². The van der Waals surface area contributed by atoms with E-state index in [1.807, 2.05) is 6.92 Å². The molecule has 1 saturated carbocycles. The monoisotopic (exact) mass is 470 g/mol. The molecule has 0 radical (unpaired) electrons. The minimum atomic E-state index is -1.78. The highest BCUT2D eigenvalue weighted by molar-refractivity contribution is 6.74. The first-order valence-electron chi connectivity index (χ1n) is 10.9. The predicted molar refractivity (Wildman–Crippen MR) is 129 cm³/mol. The molecule has 0 aromatic heterocycles. The summed E-state index contributed by atoms with van der Waals surface area (Å²) in [6.07, 6.45) is 8.35. The Kier molecular flexibility index (Phi) is 9.05. The van der Waals surface area contributed by atoms with Crippen LogP contribution in [0.4, 0.5) is 0 Å². The molecule has 0 saturated heterocycles. The Morgan fingerprint density at radius 1 is 1.20 bits per heavy atom. The summed E-state index contributed by atoms with van der Waals surface area (Å²) in [5.41, 5.74) is 1.38. The van der Waals surface area contributed by atoms with Crippen LogP contribution < -0.4 is 0 Å². The van der Waals surface area contributed by atoms with Gasteiger partial charge in [-0.05, 0) is 74.0 Å². The number of hydrogen-bond acceptors (Lipinski definition) is 3. The molecule has 6 heteroatoms. The van der Waals surface area contributed by atoms with E-state index in [1.54, 1.807) is 18.2 Å². The fourth-order valence-electron chi connectivity index (χ4n) is 3.48. The molecule has 1 aromatic rings. The van der Waals surface area contributed by atoms with E-state index in [1.165, 1.54) is 19.3 Å². The summed E-state index contributed by atoms with van der Waals surface area (Å²) in [5.74, 6) is 0.102. The van der Waals surface area contributed by atoms with E-state index in [9.17, 15) is 4.79 Å². The van der Waals surface area contributed by atoms with Gasteiger partial charge in [0.1, 0.15) is 6.61 Å². The first-order valence-corrected chi connectivity index (χ1v) is 14.5. The third-order valence-corrected chi connectivity index (χ3v) is 11.5. The maximum absolute atomic E-state index is 12.3. The first-order chi connectivity index (χ1) is 13.9. The van der Waals surface area contributed by atoms with Crippen LogP contribution in [0.15, 0.2) is 29.8 Å². The molecule has 2 rings (SSSR count). The highest BCUT2D eigenvalue weighted by Crippen LogP contribution is 2.41. The van der Waals surface area contributed by atoms with E-state index in [0.29, 0.717) is 27.6 Å². The Bertz CT molecular complexity index is 768. The largest absolute Gasteiger partial charge is 0.458 e. The van der Waals surface area contributed by atoms with Crippen LogP contribution in [0.1, 0.15) is 70.2 Å². The summed E-state index contributed by atoms with van der Waals surface area (Å²) in [7, 11) is -1.78. The third-order valence-electron chi connectivity index (χ3n) is 6.44. The van der Waals surface area contributed by atoms with Gasteiger partial charge in [0.05, 0.1) is 10.6 Å². The second-order valence-electron chi connectivity index (χ2n) is 9.95. The number of hydrogen-bond donors (Lipinski definition) is 0. The number of benzene rings is 1. The summed E-state index contributed by atoms with van der Waals surface area (Å²) in [4.78, 5) is 12.3. The van der Waals surface area contributed by atoms with Gasteiger partial charge in [-0.3, -0.25) is 0 Å². The smallest absolute Gasteiger partial charge is 0.339 e. The molecule has 1 aromatic carbocycles. The van der Waals surface area contributed by atoms with Gasteiger partial charge in [-0.2, -0.15) is 0 Å². The van der Waals surface area contributed by atoms with Crippen molar-refractivity contribution in [2.45, 2.75) is 84.0 Å². The summed E-state index contributed by atoms with van der Waals surface area (Å²) in [6, 6.07) is 4.78. The lowest BCUT2D eigenvalue weighted by molar-refractivity contribution is 0.0538. The highest BCUT2D eigenvalue weighted by Gasteiger charge is 2.41. The highest BCUT2D eigenvalue weighted by atomic mass is 35.5. The number of rotatable bonds is 7. The molecule has 168 valence electrons. The molecule has 0 amide bonds. The van der Waals surface area contributed by atoms with Crippen LogP contribution in [0, 0.1) is 5.92 Å². The standard InChI is InChI=1S/C24H36Cl2O3Si/c1-17(16-28-23(27)20-14-13-19(25)15-21(20)26)11-12-18-9-7-8-10-22(18)29-30(5,6)24(2,3)4/h11,13-15,18,22H,7-10,12,16H2,1-6H3/b17-11+/t18-,22+/m1/s1. The topological polar surface area (TPSA) is 35.5 Å². The SMILES string of the molecule is C/C(=C\C[C@H]1CCCC[C@@H]1O[Si](C)(C)C(C)(C)C)COC(=O)c1ccc(Cl)cc1Cl. The molecular weight excluding hydrogens is 435 g/mol. The molecule has 0 heterocycles. The van der Waals surface area contributed by atoms with E-state index in [2.05, 4.69) is 39.9 Å². The van der Waals surface area contributed by atoms with Crippen molar-refractivity contribution in [2.75, 3.05) is 6.61 Å². The van der Waals surface area contributed by atoms with Crippen molar-refractivity contribution < 1.29 is 14.0 Å². The fourth-order valence-corrected chi connectivity index (χ4v) is 5.38. The number of carbonyl (C=O) groups excluding carboxylic acids is 1. The molecule has 30 heavy (non-hydrogen) atoms. The molecule has 0 N–H and O–H groups in total. The maximum atomic E-state index is 12.3. The molecular formula is C24H36Cl2O3Si. The number of ether oxygens (including phenoxy) is 1. The second-order valence-corrected chi connectivity index (χ2v) is 15.5. The molecule has 0 aliphatic heterocycles. The van der Waals surface area contributed by atoms with Crippen molar-refractivity contribution >= 4 is 37.5 Å². The van der Waals surface area contributed by atoms with Crippen molar-refractivity contribution in [2.24, 2.45) is 5.92 Å². The molecule has 3 nitrogen and oxygen atoms in total. The van der Waals surface area contributed by atoms with Crippen molar-refractivity contribution in [3.05, 3.63) is 45.5 Å². The zero-order valence-electron chi connectivity index (χ0n) is 19.2. The number of carbonyl (C=O) groups is 1. The van der Waals surface area contributed by atoms with Gasteiger partial charge >= 0.3 is 5.97 Å². The van der Waals surface area contributed by atoms with Crippen molar-refractivity contribution in [1.82, 2.24) is 0 Å². The van der Waals surface area contributed by atoms with Crippen LogP contribution in [0.5, 0.6) is 0 Å². The second kappa shape index (κ2) is 10.7. The normalized spacial score (nSPS) is 20.9.